The molecule has 1 unspecified atom stereocenters. The van der Waals surface area contributed by atoms with Gasteiger partial charge in [0, 0.05) is 0 Å². The highest BCUT2D eigenvalue weighted by atomic mass is 19.4. The Balaban J connectivity index is 2.00. The second-order valence-electron chi connectivity index (χ2n) is 5.03. The molecule has 0 aliphatic carbocycles. The lowest BCUT2D eigenvalue weighted by molar-refractivity contribution is -0.137. The summed E-state index contributed by atoms with van der Waals surface area (Å²) < 4.78 is 41.1. The molecular weight excluding hydrogens is 309 g/mol. The molecule has 0 aliphatic rings. The van der Waals surface area contributed by atoms with E-state index in [-0.39, 0.29) is 6.04 Å². The topological polar surface area (TPSA) is 61.4 Å². The van der Waals surface area contributed by atoms with Crippen LogP contribution in [0.4, 0.5) is 13.2 Å². The maximum atomic E-state index is 12.7. The number of nitrogens with zero attached hydrogens (tertiary/aromatic N) is 6. The van der Waals surface area contributed by atoms with Crippen LogP contribution in [0.15, 0.2) is 36.9 Å². The number of hydrogen-bond acceptors (Lipinski definition) is 4. The van der Waals surface area contributed by atoms with Crippen molar-refractivity contribution < 1.29 is 13.2 Å². The molecule has 0 saturated heterocycles. The van der Waals surface area contributed by atoms with Crippen molar-refractivity contribution in [2.24, 2.45) is 0 Å². The van der Waals surface area contributed by atoms with Crippen LogP contribution in [0, 0.1) is 6.92 Å². The second kappa shape index (κ2) is 5.49. The lowest BCUT2D eigenvalue weighted by atomic mass is 10.2. The van der Waals surface area contributed by atoms with Crippen LogP contribution >= 0.6 is 0 Å². The van der Waals surface area contributed by atoms with Crippen LogP contribution < -0.4 is 0 Å². The molecule has 9 heteroatoms. The zero-order chi connectivity index (χ0) is 16.6. The minimum absolute atomic E-state index is 0.263. The van der Waals surface area contributed by atoms with Gasteiger partial charge in [0.2, 0.25) is 0 Å². The molecule has 1 aromatic carbocycles. The van der Waals surface area contributed by atoms with Gasteiger partial charge in [-0.1, -0.05) is 0 Å². The quantitative estimate of drug-likeness (QED) is 0.744. The van der Waals surface area contributed by atoms with Crippen molar-refractivity contribution in [2.45, 2.75) is 26.1 Å². The lowest BCUT2D eigenvalue weighted by Gasteiger charge is -2.13. The summed E-state index contributed by atoms with van der Waals surface area (Å²) in [6.45, 7) is 3.58. The van der Waals surface area contributed by atoms with Crippen LogP contribution in [0.1, 0.15) is 30.2 Å². The minimum Gasteiger partial charge on any atom is -0.243 e. The molecule has 0 radical (unpaired) electrons. The van der Waals surface area contributed by atoms with Crippen LogP contribution in [0.3, 0.4) is 0 Å². The van der Waals surface area contributed by atoms with Gasteiger partial charge < -0.3 is 0 Å². The predicted octanol–water partition coefficient (Wildman–Crippen LogP) is 2.80. The van der Waals surface area contributed by atoms with Crippen molar-refractivity contribution in [2.75, 3.05) is 0 Å². The smallest absolute Gasteiger partial charge is 0.243 e. The molecule has 0 spiro atoms. The van der Waals surface area contributed by atoms with Crippen LogP contribution in [0.25, 0.3) is 5.69 Å². The van der Waals surface area contributed by atoms with Crippen molar-refractivity contribution in [3.63, 3.8) is 0 Å². The van der Waals surface area contributed by atoms with E-state index in [1.807, 2.05) is 6.92 Å². The van der Waals surface area contributed by atoms with Gasteiger partial charge in [0.25, 0.3) is 0 Å². The summed E-state index contributed by atoms with van der Waals surface area (Å²) in [5.41, 5.74) is -0.204. The lowest BCUT2D eigenvalue weighted by Crippen LogP contribution is -2.14. The summed E-state index contributed by atoms with van der Waals surface area (Å²) in [4.78, 5) is 8.24. The number of alkyl halides is 3. The molecule has 0 amide bonds. The molecule has 6 nitrogen and oxygen atoms in total. The predicted molar refractivity (Wildman–Crippen MR) is 74.9 cm³/mol. The highest BCUT2D eigenvalue weighted by molar-refractivity contribution is 5.36. The number of benzene rings is 1. The number of hydrogen-bond donors (Lipinski definition) is 0. The maximum absolute atomic E-state index is 12.7. The molecule has 120 valence electrons. The van der Waals surface area contributed by atoms with Crippen LogP contribution in [0.5, 0.6) is 0 Å². The fourth-order valence-electron chi connectivity index (χ4n) is 2.22. The Morgan fingerprint density at radius 3 is 2.39 bits per heavy atom. The van der Waals surface area contributed by atoms with E-state index in [0.29, 0.717) is 17.3 Å². The molecule has 2 heterocycles. The Kier molecular flexibility index (Phi) is 3.63. The van der Waals surface area contributed by atoms with Crippen molar-refractivity contribution in [1.82, 2.24) is 29.5 Å². The number of halogens is 3. The molecule has 0 aliphatic heterocycles. The summed E-state index contributed by atoms with van der Waals surface area (Å²) >= 11 is 0. The second-order valence-corrected chi connectivity index (χ2v) is 5.03. The molecule has 1 atom stereocenters. The van der Waals surface area contributed by atoms with Gasteiger partial charge >= 0.3 is 6.18 Å². The number of rotatable bonds is 3. The van der Waals surface area contributed by atoms with Crippen molar-refractivity contribution >= 4 is 0 Å². The first-order chi connectivity index (χ1) is 10.9. The number of aryl methyl sites for hydroxylation is 1. The van der Waals surface area contributed by atoms with Gasteiger partial charge in [-0.25, -0.2) is 19.3 Å². The maximum Gasteiger partial charge on any atom is 0.416 e. The van der Waals surface area contributed by atoms with Gasteiger partial charge in [-0.2, -0.15) is 23.4 Å². The van der Waals surface area contributed by atoms with Gasteiger partial charge in [0.05, 0.1) is 11.3 Å². The van der Waals surface area contributed by atoms with E-state index < -0.39 is 11.7 Å². The van der Waals surface area contributed by atoms with Crippen molar-refractivity contribution in [3.8, 4) is 5.69 Å². The summed E-state index contributed by atoms with van der Waals surface area (Å²) in [7, 11) is 0. The molecule has 0 bridgehead atoms. The molecule has 3 rings (SSSR count). The Bertz CT molecular complexity index is 789. The fraction of sp³-hybridized carbons (Fsp3) is 0.286. The average molecular weight is 322 g/mol. The zero-order valence-corrected chi connectivity index (χ0v) is 12.4. The third-order valence-corrected chi connectivity index (χ3v) is 3.38. The normalized spacial score (nSPS) is 13.3. The van der Waals surface area contributed by atoms with Crippen LogP contribution in [-0.4, -0.2) is 29.5 Å². The molecular formula is C14H13F3N6. The number of aromatic nitrogens is 6. The fourth-order valence-corrected chi connectivity index (χ4v) is 2.22. The van der Waals surface area contributed by atoms with Gasteiger partial charge in [-0.05, 0) is 38.1 Å². The van der Waals surface area contributed by atoms with Gasteiger partial charge in [-0.15, -0.1) is 0 Å². The van der Waals surface area contributed by atoms with E-state index in [9.17, 15) is 13.2 Å². The first-order valence-corrected chi connectivity index (χ1v) is 6.81. The summed E-state index contributed by atoms with van der Waals surface area (Å²) in [6, 6.07) is 4.52. The van der Waals surface area contributed by atoms with Crippen molar-refractivity contribution in [3.05, 3.63) is 54.1 Å². The first kappa shape index (κ1) is 15.2. The molecule has 0 N–H and O–H groups in total. The molecule has 3 aromatic rings. The third kappa shape index (κ3) is 2.94. The SMILES string of the molecule is Cc1nc(C(C)n2cncn2)n(-c2ccc(C(F)(F)F)cc2)n1. The largest absolute Gasteiger partial charge is 0.416 e. The van der Waals surface area contributed by atoms with E-state index in [2.05, 4.69) is 20.2 Å². The van der Waals surface area contributed by atoms with Gasteiger partial charge in [0.1, 0.15) is 24.5 Å². The monoisotopic (exact) mass is 322 g/mol. The Morgan fingerprint density at radius 1 is 1.13 bits per heavy atom. The van der Waals surface area contributed by atoms with Crippen molar-refractivity contribution in [1.29, 1.82) is 0 Å². The van der Waals surface area contributed by atoms with E-state index in [0.717, 1.165) is 12.1 Å². The van der Waals surface area contributed by atoms with Crippen LogP contribution in [-0.2, 0) is 6.18 Å². The molecule has 23 heavy (non-hydrogen) atoms. The van der Waals surface area contributed by atoms with Gasteiger partial charge in [0.15, 0.2) is 5.82 Å². The van der Waals surface area contributed by atoms with E-state index >= 15 is 0 Å². The van der Waals surface area contributed by atoms with E-state index in [1.165, 1.54) is 23.1 Å². The Hall–Kier alpha value is -2.71. The van der Waals surface area contributed by atoms with E-state index in [1.54, 1.807) is 17.9 Å². The highest BCUT2D eigenvalue weighted by Gasteiger charge is 2.30. The minimum atomic E-state index is -4.37. The average Bonchev–Trinajstić information content (AvgIpc) is 3.15. The van der Waals surface area contributed by atoms with E-state index in [4.69, 9.17) is 0 Å². The standard InChI is InChI=1S/C14H13F3N6/c1-9(22-8-18-7-19-22)13-20-10(2)21-23(13)12-5-3-11(4-6-12)14(15,16)17/h3-9H,1-2H3. The zero-order valence-electron chi connectivity index (χ0n) is 12.4. The van der Waals surface area contributed by atoms with Gasteiger partial charge in [-0.3, -0.25) is 0 Å². The summed E-state index contributed by atoms with van der Waals surface area (Å²) in [5, 5.41) is 8.33. The molecule has 0 saturated carbocycles. The first-order valence-electron chi connectivity index (χ1n) is 6.81. The Morgan fingerprint density at radius 2 is 1.83 bits per heavy atom. The summed E-state index contributed by atoms with van der Waals surface area (Å²) in [6.07, 6.45) is -1.42. The molecule has 2 aromatic heterocycles. The highest BCUT2D eigenvalue weighted by Crippen LogP contribution is 2.30. The third-order valence-electron chi connectivity index (χ3n) is 3.38. The Labute approximate surface area is 129 Å². The summed E-state index contributed by atoms with van der Waals surface area (Å²) in [5.74, 6) is 1.08. The van der Waals surface area contributed by atoms with Crippen LogP contribution in [0.2, 0.25) is 0 Å². The molecule has 0 fully saturated rings.